The Labute approximate surface area is 159 Å². The molecule has 1 heterocycles. The minimum atomic E-state index is -0.449. The fourth-order valence-electron chi connectivity index (χ4n) is 3.03. The first-order valence-electron chi connectivity index (χ1n) is 8.73. The third kappa shape index (κ3) is 4.74. The second-order valence-electron chi connectivity index (χ2n) is 6.97. The zero-order valence-corrected chi connectivity index (χ0v) is 15.9. The average molecular weight is 380 g/mol. The number of halogens is 1. The highest BCUT2D eigenvalue weighted by Gasteiger charge is 2.36. The van der Waals surface area contributed by atoms with Crippen LogP contribution >= 0.6 is 12.4 Å². The van der Waals surface area contributed by atoms with Crippen molar-refractivity contribution in [3.05, 3.63) is 35.7 Å². The van der Waals surface area contributed by atoms with Gasteiger partial charge in [-0.3, -0.25) is 0 Å². The molecule has 1 aromatic carbocycles. The fraction of sp³-hybridized carbons (Fsp3) is 0.500. The van der Waals surface area contributed by atoms with Crippen LogP contribution in [0.3, 0.4) is 0 Å². The Morgan fingerprint density at radius 2 is 1.92 bits per heavy atom. The topological polar surface area (TPSA) is 106 Å². The largest absolute Gasteiger partial charge is 0.336 e. The van der Waals surface area contributed by atoms with Gasteiger partial charge in [0.1, 0.15) is 0 Å². The predicted molar refractivity (Wildman–Crippen MR) is 102 cm³/mol. The first-order valence-corrected chi connectivity index (χ1v) is 8.73. The summed E-state index contributed by atoms with van der Waals surface area (Å²) in [5.41, 5.74) is 7.76. The zero-order chi connectivity index (χ0) is 17.9. The number of nitrogens with one attached hydrogen (secondary N) is 2. The van der Waals surface area contributed by atoms with Gasteiger partial charge < -0.3 is 20.9 Å². The van der Waals surface area contributed by atoms with Crippen LogP contribution in [0.1, 0.15) is 50.9 Å². The van der Waals surface area contributed by atoms with Gasteiger partial charge in [-0.25, -0.2) is 4.79 Å². The van der Waals surface area contributed by atoms with Crippen molar-refractivity contribution in [3.63, 3.8) is 0 Å². The lowest BCUT2D eigenvalue weighted by Gasteiger charge is -2.17. The van der Waals surface area contributed by atoms with Crippen LogP contribution in [0, 0.1) is 0 Å². The molecule has 0 saturated heterocycles. The maximum absolute atomic E-state index is 11.6. The number of rotatable bonds is 5. The minimum absolute atomic E-state index is 0. The molecule has 1 fully saturated rings. The summed E-state index contributed by atoms with van der Waals surface area (Å²) in [6.45, 7) is 4.30. The second-order valence-corrected chi connectivity index (χ2v) is 6.97. The first kappa shape index (κ1) is 20.2. The third-order valence-corrected chi connectivity index (χ3v) is 4.44. The van der Waals surface area contributed by atoms with Gasteiger partial charge in [-0.2, -0.15) is 4.98 Å². The molecular formula is C18H26ClN5O2. The summed E-state index contributed by atoms with van der Waals surface area (Å²) in [6, 6.07) is 7.62. The molecule has 1 aliphatic rings. The fourth-order valence-corrected chi connectivity index (χ4v) is 3.03. The normalized spacial score (nSPS) is 15.5. The quantitative estimate of drug-likeness (QED) is 0.740. The van der Waals surface area contributed by atoms with Crippen LogP contribution in [0.25, 0.3) is 11.5 Å². The molecule has 2 amide bonds. The molecule has 0 aliphatic heterocycles. The van der Waals surface area contributed by atoms with E-state index in [0.717, 1.165) is 36.8 Å². The van der Waals surface area contributed by atoms with Crippen molar-refractivity contribution in [2.24, 2.45) is 5.73 Å². The number of carbonyl (C=O) groups excluding carboxylic acids is 1. The Balaban J connectivity index is 0.00000243. The maximum Gasteiger partial charge on any atom is 0.315 e. The molecule has 8 heteroatoms. The van der Waals surface area contributed by atoms with E-state index < -0.39 is 5.54 Å². The molecule has 4 N–H and O–H groups in total. The van der Waals surface area contributed by atoms with Gasteiger partial charge in [0.15, 0.2) is 5.82 Å². The monoisotopic (exact) mass is 379 g/mol. The van der Waals surface area contributed by atoms with E-state index in [9.17, 15) is 4.79 Å². The summed E-state index contributed by atoms with van der Waals surface area (Å²) in [4.78, 5) is 16.1. The summed E-state index contributed by atoms with van der Waals surface area (Å²) in [6.07, 6.45) is 4.00. The number of carbonyl (C=O) groups is 1. The van der Waals surface area contributed by atoms with Crippen molar-refractivity contribution in [2.75, 3.05) is 0 Å². The van der Waals surface area contributed by atoms with Crippen LogP contribution in [0.5, 0.6) is 0 Å². The van der Waals surface area contributed by atoms with Crippen LogP contribution < -0.4 is 16.4 Å². The maximum atomic E-state index is 11.6. The number of aromatic nitrogens is 2. The lowest BCUT2D eigenvalue weighted by molar-refractivity contribution is 0.238. The van der Waals surface area contributed by atoms with Crippen molar-refractivity contribution < 1.29 is 9.32 Å². The Bertz CT molecular complexity index is 723. The Kier molecular flexibility index (Phi) is 6.61. The van der Waals surface area contributed by atoms with Crippen LogP contribution in [-0.4, -0.2) is 22.2 Å². The van der Waals surface area contributed by atoms with Crippen molar-refractivity contribution in [1.82, 2.24) is 20.8 Å². The molecule has 3 rings (SSSR count). The molecule has 0 unspecified atom stereocenters. The van der Waals surface area contributed by atoms with E-state index >= 15 is 0 Å². The summed E-state index contributed by atoms with van der Waals surface area (Å²) >= 11 is 0. The van der Waals surface area contributed by atoms with Crippen LogP contribution in [0.4, 0.5) is 4.79 Å². The van der Waals surface area contributed by atoms with Gasteiger partial charge in [-0.05, 0) is 44.4 Å². The van der Waals surface area contributed by atoms with E-state index in [1.165, 1.54) is 0 Å². The molecule has 1 aliphatic carbocycles. The number of hydrogen-bond donors (Lipinski definition) is 3. The number of benzene rings is 1. The smallest absolute Gasteiger partial charge is 0.315 e. The molecular weight excluding hydrogens is 354 g/mol. The summed E-state index contributed by atoms with van der Waals surface area (Å²) < 4.78 is 5.39. The number of amides is 2. The lowest BCUT2D eigenvalue weighted by atomic mass is 9.99. The summed E-state index contributed by atoms with van der Waals surface area (Å²) in [5.74, 6) is 1.07. The van der Waals surface area contributed by atoms with E-state index in [2.05, 4.69) is 20.8 Å². The van der Waals surface area contributed by atoms with Gasteiger partial charge in [0.2, 0.25) is 0 Å². The number of nitrogens with two attached hydrogens (primary N) is 1. The SMILES string of the molecule is CC(C)NC(=O)NCc1ccc(-c2nc(C3(N)CCCC3)no2)cc1.Cl. The highest BCUT2D eigenvalue weighted by atomic mass is 35.5. The van der Waals surface area contributed by atoms with Crippen LogP contribution in [-0.2, 0) is 12.1 Å². The number of nitrogens with zero attached hydrogens (tertiary/aromatic N) is 2. The summed E-state index contributed by atoms with van der Waals surface area (Å²) in [5, 5.41) is 9.69. The second kappa shape index (κ2) is 8.51. The minimum Gasteiger partial charge on any atom is -0.336 e. The van der Waals surface area contributed by atoms with Gasteiger partial charge in [-0.15, -0.1) is 12.4 Å². The molecule has 7 nitrogen and oxygen atoms in total. The molecule has 1 saturated carbocycles. The first-order chi connectivity index (χ1) is 12.0. The van der Waals surface area contributed by atoms with Crippen LogP contribution in [0.2, 0.25) is 0 Å². The van der Waals surface area contributed by atoms with Gasteiger partial charge in [0.25, 0.3) is 5.89 Å². The van der Waals surface area contributed by atoms with Crippen molar-refractivity contribution in [2.45, 2.75) is 57.7 Å². The highest BCUT2D eigenvalue weighted by Crippen LogP contribution is 2.35. The van der Waals surface area contributed by atoms with E-state index in [4.69, 9.17) is 10.3 Å². The van der Waals surface area contributed by atoms with Gasteiger partial charge in [0, 0.05) is 18.2 Å². The van der Waals surface area contributed by atoms with Crippen molar-refractivity contribution in [3.8, 4) is 11.5 Å². The Morgan fingerprint density at radius 3 is 2.54 bits per heavy atom. The van der Waals surface area contributed by atoms with E-state index in [-0.39, 0.29) is 24.5 Å². The molecule has 0 atom stereocenters. The molecule has 0 bridgehead atoms. The molecule has 0 spiro atoms. The Morgan fingerprint density at radius 1 is 1.27 bits per heavy atom. The molecule has 142 valence electrons. The Hall–Kier alpha value is -2.12. The van der Waals surface area contributed by atoms with E-state index in [1.807, 2.05) is 38.1 Å². The van der Waals surface area contributed by atoms with Gasteiger partial charge in [0.05, 0.1) is 5.54 Å². The molecule has 0 radical (unpaired) electrons. The van der Waals surface area contributed by atoms with Gasteiger partial charge >= 0.3 is 6.03 Å². The molecule has 1 aromatic heterocycles. The molecule has 2 aromatic rings. The predicted octanol–water partition coefficient (Wildman–Crippen LogP) is 3.09. The summed E-state index contributed by atoms with van der Waals surface area (Å²) in [7, 11) is 0. The number of urea groups is 1. The lowest BCUT2D eigenvalue weighted by Crippen LogP contribution is -2.39. The molecule has 26 heavy (non-hydrogen) atoms. The zero-order valence-electron chi connectivity index (χ0n) is 15.1. The average Bonchev–Trinajstić information content (AvgIpc) is 3.23. The van der Waals surface area contributed by atoms with Crippen LogP contribution in [0.15, 0.2) is 28.8 Å². The van der Waals surface area contributed by atoms with Gasteiger partial charge in [-0.1, -0.05) is 30.1 Å². The van der Waals surface area contributed by atoms with E-state index in [0.29, 0.717) is 18.3 Å². The van der Waals surface area contributed by atoms with E-state index in [1.54, 1.807) is 0 Å². The highest BCUT2D eigenvalue weighted by molar-refractivity contribution is 5.85. The third-order valence-electron chi connectivity index (χ3n) is 4.44. The standard InChI is InChI=1S/C18H25N5O2.ClH/c1-12(2)21-17(24)20-11-13-5-7-14(8-6-13)15-22-16(23-25-15)18(19)9-3-4-10-18;/h5-8,12H,3-4,9-11,19H2,1-2H3,(H2,20,21,24);1H. The van der Waals surface area contributed by atoms with Crippen molar-refractivity contribution in [1.29, 1.82) is 0 Å². The van der Waals surface area contributed by atoms with Crippen molar-refractivity contribution >= 4 is 18.4 Å². The number of hydrogen-bond acceptors (Lipinski definition) is 5.